The number of hydrogen-bond acceptors (Lipinski definition) is 5. The van der Waals surface area contributed by atoms with Crippen LogP contribution in [0.5, 0.6) is 5.75 Å². The molecule has 0 unspecified atom stereocenters. The van der Waals surface area contributed by atoms with Crippen LogP contribution in [0.25, 0.3) is 0 Å². The van der Waals surface area contributed by atoms with Gasteiger partial charge in [-0.3, -0.25) is 4.79 Å². The Labute approximate surface area is 217 Å². The zero-order valence-corrected chi connectivity index (χ0v) is 22.5. The Morgan fingerprint density at radius 2 is 1.62 bits per heavy atom. The van der Waals surface area contributed by atoms with E-state index in [-0.39, 0.29) is 29.9 Å². The maximum Gasteiger partial charge on any atom is 0.253 e. The summed E-state index contributed by atoms with van der Waals surface area (Å²) in [6.07, 6.45) is 0. The molecule has 1 heterocycles. The summed E-state index contributed by atoms with van der Waals surface area (Å²) in [6.45, 7) is 3.47. The van der Waals surface area contributed by atoms with Crippen LogP contribution in [0.15, 0.2) is 53.5 Å². The number of methoxy groups -OCH3 is 1. The van der Waals surface area contributed by atoms with Crippen molar-refractivity contribution in [2.24, 2.45) is 12.0 Å². The molecule has 0 spiro atoms. The van der Waals surface area contributed by atoms with Crippen LogP contribution < -0.4 is 15.4 Å². The van der Waals surface area contributed by atoms with Crippen LogP contribution >= 0.6 is 24.0 Å². The Morgan fingerprint density at radius 3 is 2.18 bits per heavy atom. The highest BCUT2D eigenvalue weighted by atomic mass is 127. The molecule has 0 saturated heterocycles. The lowest BCUT2D eigenvalue weighted by molar-refractivity contribution is 0.0827. The number of amides is 1. The van der Waals surface area contributed by atoms with Crippen LogP contribution in [0, 0.1) is 6.92 Å². The SMILES string of the molecule is COc1ccc(CN=C(NCc2ccc(C(=O)N(C)C)cc2)NCc2nnc(C)n2C)cc1.I. The van der Waals surface area contributed by atoms with E-state index in [0.717, 1.165) is 28.5 Å². The second kappa shape index (κ2) is 12.9. The van der Waals surface area contributed by atoms with Crippen LogP contribution in [0.1, 0.15) is 33.1 Å². The van der Waals surface area contributed by atoms with Crippen molar-refractivity contribution >= 4 is 35.8 Å². The van der Waals surface area contributed by atoms with E-state index < -0.39 is 0 Å². The summed E-state index contributed by atoms with van der Waals surface area (Å²) < 4.78 is 7.16. The van der Waals surface area contributed by atoms with Crippen LogP contribution in [-0.2, 0) is 26.7 Å². The first-order valence-corrected chi connectivity index (χ1v) is 10.7. The molecular formula is C24H32IN7O2. The molecule has 3 aromatic rings. The fraction of sp³-hybridized carbons (Fsp3) is 0.333. The molecule has 10 heteroatoms. The van der Waals surface area contributed by atoms with Crippen LogP contribution in [0.3, 0.4) is 0 Å². The van der Waals surface area contributed by atoms with E-state index in [2.05, 4.69) is 20.8 Å². The van der Waals surface area contributed by atoms with E-state index in [1.807, 2.05) is 67.1 Å². The number of aliphatic imine (C=N–C) groups is 1. The molecule has 0 saturated carbocycles. The highest BCUT2D eigenvalue weighted by Crippen LogP contribution is 2.12. The van der Waals surface area contributed by atoms with Gasteiger partial charge in [-0.05, 0) is 42.3 Å². The maximum atomic E-state index is 12.1. The van der Waals surface area contributed by atoms with Crippen molar-refractivity contribution in [3.63, 3.8) is 0 Å². The monoisotopic (exact) mass is 577 g/mol. The number of ether oxygens (including phenoxy) is 1. The summed E-state index contributed by atoms with van der Waals surface area (Å²) in [5, 5.41) is 15.0. The lowest BCUT2D eigenvalue weighted by Crippen LogP contribution is -2.37. The van der Waals surface area contributed by atoms with Crippen molar-refractivity contribution < 1.29 is 9.53 Å². The normalized spacial score (nSPS) is 10.9. The topological polar surface area (TPSA) is 96.7 Å². The van der Waals surface area contributed by atoms with Gasteiger partial charge in [0.15, 0.2) is 11.8 Å². The van der Waals surface area contributed by atoms with Crippen molar-refractivity contribution in [3.05, 3.63) is 76.9 Å². The molecule has 0 bridgehead atoms. The van der Waals surface area contributed by atoms with Crippen molar-refractivity contribution in [2.45, 2.75) is 26.6 Å². The van der Waals surface area contributed by atoms with Gasteiger partial charge in [0.05, 0.1) is 20.2 Å². The summed E-state index contributed by atoms with van der Waals surface area (Å²) in [4.78, 5) is 18.4. The smallest absolute Gasteiger partial charge is 0.253 e. The average molecular weight is 577 g/mol. The Bertz CT molecular complexity index is 1090. The van der Waals surface area contributed by atoms with Gasteiger partial charge < -0.3 is 24.8 Å². The van der Waals surface area contributed by atoms with Gasteiger partial charge in [0.2, 0.25) is 0 Å². The molecule has 182 valence electrons. The minimum Gasteiger partial charge on any atom is -0.497 e. The molecule has 2 N–H and O–H groups in total. The fourth-order valence-electron chi connectivity index (χ4n) is 3.05. The highest BCUT2D eigenvalue weighted by Gasteiger charge is 2.09. The second-order valence-corrected chi connectivity index (χ2v) is 7.84. The number of hydrogen-bond donors (Lipinski definition) is 2. The van der Waals surface area contributed by atoms with Crippen LogP contribution in [0.2, 0.25) is 0 Å². The summed E-state index contributed by atoms with van der Waals surface area (Å²) in [6, 6.07) is 15.4. The third kappa shape index (κ3) is 7.44. The van der Waals surface area contributed by atoms with Gasteiger partial charge in [0, 0.05) is 33.3 Å². The number of benzene rings is 2. The lowest BCUT2D eigenvalue weighted by Gasteiger charge is -2.14. The average Bonchev–Trinajstić information content (AvgIpc) is 3.16. The van der Waals surface area contributed by atoms with E-state index in [9.17, 15) is 4.79 Å². The van der Waals surface area contributed by atoms with Crippen molar-refractivity contribution in [2.75, 3.05) is 21.2 Å². The van der Waals surface area contributed by atoms with E-state index in [1.165, 1.54) is 0 Å². The van der Waals surface area contributed by atoms with Gasteiger partial charge in [0.25, 0.3) is 5.91 Å². The molecule has 0 aliphatic carbocycles. The zero-order valence-electron chi connectivity index (χ0n) is 20.2. The van der Waals surface area contributed by atoms with Gasteiger partial charge in [-0.2, -0.15) is 0 Å². The van der Waals surface area contributed by atoms with Crippen LogP contribution in [-0.4, -0.2) is 52.7 Å². The lowest BCUT2D eigenvalue weighted by atomic mass is 10.1. The predicted molar refractivity (Wildman–Crippen MR) is 143 cm³/mol. The minimum absolute atomic E-state index is 0. The maximum absolute atomic E-state index is 12.1. The van der Waals surface area contributed by atoms with Crippen LogP contribution in [0.4, 0.5) is 0 Å². The van der Waals surface area contributed by atoms with Gasteiger partial charge in [-0.15, -0.1) is 34.2 Å². The molecule has 0 aliphatic heterocycles. The number of guanidine groups is 1. The largest absolute Gasteiger partial charge is 0.497 e. The van der Waals surface area contributed by atoms with Crippen molar-refractivity contribution in [3.8, 4) is 5.75 Å². The molecule has 0 atom stereocenters. The molecular weight excluding hydrogens is 545 g/mol. The standard InChI is InChI=1S/C24H31N7O2.HI/c1-17-28-29-22(31(17)4)16-27-24(26-15-19-8-12-21(33-5)13-9-19)25-14-18-6-10-20(11-7-18)23(32)30(2)3;/h6-13H,14-16H2,1-5H3,(H2,25,26,27);1H. The summed E-state index contributed by atoms with van der Waals surface area (Å²) in [5.41, 5.74) is 2.77. The number of rotatable bonds is 8. The summed E-state index contributed by atoms with van der Waals surface area (Å²) in [5.74, 6) is 3.12. The summed E-state index contributed by atoms with van der Waals surface area (Å²) in [7, 11) is 7.07. The highest BCUT2D eigenvalue weighted by molar-refractivity contribution is 14.0. The minimum atomic E-state index is -0.0168. The molecule has 34 heavy (non-hydrogen) atoms. The van der Waals surface area contributed by atoms with Gasteiger partial charge in [-0.25, -0.2) is 4.99 Å². The Kier molecular flexibility index (Phi) is 10.3. The Balaban J connectivity index is 0.00000408. The third-order valence-corrected chi connectivity index (χ3v) is 5.24. The summed E-state index contributed by atoms with van der Waals surface area (Å²) >= 11 is 0. The first kappa shape index (κ1) is 27.1. The number of halogens is 1. The van der Waals surface area contributed by atoms with E-state index >= 15 is 0 Å². The molecule has 0 fully saturated rings. The van der Waals surface area contributed by atoms with Gasteiger partial charge >= 0.3 is 0 Å². The molecule has 0 radical (unpaired) electrons. The van der Waals surface area contributed by atoms with Gasteiger partial charge in [0.1, 0.15) is 11.6 Å². The molecule has 9 nitrogen and oxygen atoms in total. The zero-order chi connectivity index (χ0) is 23.8. The number of nitrogens with zero attached hydrogens (tertiary/aromatic N) is 5. The van der Waals surface area contributed by atoms with E-state index in [4.69, 9.17) is 9.73 Å². The Hall–Kier alpha value is -3.15. The first-order valence-electron chi connectivity index (χ1n) is 10.7. The number of nitrogens with one attached hydrogen (secondary N) is 2. The second-order valence-electron chi connectivity index (χ2n) is 7.84. The van der Waals surface area contributed by atoms with E-state index in [0.29, 0.717) is 31.2 Å². The molecule has 3 rings (SSSR count). The Morgan fingerprint density at radius 1 is 1.00 bits per heavy atom. The number of aromatic nitrogens is 3. The quantitative estimate of drug-likeness (QED) is 0.243. The fourth-order valence-corrected chi connectivity index (χ4v) is 3.05. The predicted octanol–water partition coefficient (Wildman–Crippen LogP) is 2.89. The third-order valence-electron chi connectivity index (χ3n) is 5.24. The van der Waals surface area contributed by atoms with Crippen molar-refractivity contribution in [1.29, 1.82) is 0 Å². The number of aryl methyl sites for hydroxylation is 1. The number of carbonyl (C=O) groups excluding carboxylic acids is 1. The molecule has 1 aromatic heterocycles. The molecule has 0 aliphatic rings. The first-order chi connectivity index (χ1) is 15.9. The van der Waals surface area contributed by atoms with Gasteiger partial charge in [-0.1, -0.05) is 24.3 Å². The molecule has 2 aromatic carbocycles. The molecule has 1 amide bonds. The van der Waals surface area contributed by atoms with Crippen molar-refractivity contribution in [1.82, 2.24) is 30.3 Å². The number of carbonyl (C=O) groups is 1. The van der Waals surface area contributed by atoms with E-state index in [1.54, 1.807) is 26.1 Å².